The highest BCUT2D eigenvalue weighted by molar-refractivity contribution is 5.89. The molecule has 1 aromatic rings. The number of esters is 1. The Morgan fingerprint density at radius 3 is 2.58 bits per heavy atom. The molecule has 1 saturated heterocycles. The molecule has 9 atom stereocenters. The van der Waals surface area contributed by atoms with Crippen LogP contribution < -0.4 is 5.32 Å². The van der Waals surface area contributed by atoms with Crippen molar-refractivity contribution in [3.8, 4) is 0 Å². The first kappa shape index (κ1) is 26.4. The maximum absolute atomic E-state index is 14.2. The Morgan fingerprint density at radius 2 is 1.92 bits per heavy atom. The fourth-order valence-corrected chi connectivity index (χ4v) is 6.90. The minimum atomic E-state index is -1.26. The second-order valence-electron chi connectivity index (χ2n) is 11.3. The lowest BCUT2D eigenvalue weighted by Crippen LogP contribution is -2.60. The van der Waals surface area contributed by atoms with Crippen LogP contribution in [0.3, 0.4) is 0 Å². The van der Waals surface area contributed by atoms with E-state index in [1.54, 1.807) is 19.1 Å². The molecule has 0 bridgehead atoms. The molecule has 6 nitrogen and oxygen atoms in total. The van der Waals surface area contributed by atoms with Crippen molar-refractivity contribution >= 4 is 11.9 Å². The van der Waals surface area contributed by atoms with Crippen LogP contribution in [0, 0.1) is 29.1 Å². The third kappa shape index (κ3) is 4.69. The van der Waals surface area contributed by atoms with Crippen molar-refractivity contribution in [1.82, 2.24) is 5.32 Å². The number of aliphatic hydroxyl groups is 2. The van der Waals surface area contributed by atoms with E-state index in [-0.39, 0.29) is 29.7 Å². The first-order valence-electron chi connectivity index (χ1n) is 12.9. The first-order chi connectivity index (χ1) is 17.0. The van der Waals surface area contributed by atoms with Gasteiger partial charge in [-0.15, -0.1) is 0 Å². The summed E-state index contributed by atoms with van der Waals surface area (Å²) in [6.07, 6.45) is 7.09. The van der Waals surface area contributed by atoms with E-state index in [4.69, 9.17) is 4.74 Å². The van der Waals surface area contributed by atoms with Gasteiger partial charge in [0.05, 0.1) is 11.7 Å². The molecule has 1 aromatic carbocycles. The number of allylic oxidation sites excluding steroid dienone is 1. The molecule has 4 rings (SSSR count). The summed E-state index contributed by atoms with van der Waals surface area (Å²) < 4.78 is 5.89. The summed E-state index contributed by atoms with van der Waals surface area (Å²) in [4.78, 5) is 26.5. The molecular weight excluding hydrogens is 454 g/mol. The highest BCUT2D eigenvalue weighted by atomic mass is 16.5. The summed E-state index contributed by atoms with van der Waals surface area (Å²) in [6, 6.07) is 9.73. The normalized spacial score (nSPS) is 40.6. The minimum Gasteiger partial charge on any atom is -0.457 e. The van der Waals surface area contributed by atoms with Gasteiger partial charge in [-0.25, -0.2) is 0 Å². The van der Waals surface area contributed by atoms with E-state index in [0.717, 1.165) is 5.56 Å². The number of rotatable bonds is 3. The van der Waals surface area contributed by atoms with Gasteiger partial charge in [0.25, 0.3) is 0 Å². The Kier molecular flexibility index (Phi) is 7.31. The van der Waals surface area contributed by atoms with Crippen LogP contribution in [0.5, 0.6) is 0 Å². The van der Waals surface area contributed by atoms with Gasteiger partial charge >= 0.3 is 5.97 Å². The zero-order valence-electron chi connectivity index (χ0n) is 21.7. The largest absolute Gasteiger partial charge is 0.457 e. The van der Waals surface area contributed by atoms with Gasteiger partial charge in [-0.2, -0.15) is 0 Å². The van der Waals surface area contributed by atoms with Crippen LogP contribution in [-0.4, -0.2) is 45.9 Å². The van der Waals surface area contributed by atoms with Gasteiger partial charge in [0.15, 0.2) is 0 Å². The van der Waals surface area contributed by atoms with E-state index in [1.807, 2.05) is 49.4 Å². The van der Waals surface area contributed by atoms with E-state index in [2.05, 4.69) is 18.8 Å². The van der Waals surface area contributed by atoms with Crippen molar-refractivity contribution in [2.45, 2.75) is 70.8 Å². The average Bonchev–Trinajstić information content (AvgIpc) is 3.08. The van der Waals surface area contributed by atoms with Gasteiger partial charge in [-0.1, -0.05) is 69.0 Å². The molecule has 0 aromatic heterocycles. The monoisotopic (exact) mass is 493 g/mol. The average molecular weight is 494 g/mol. The molecule has 36 heavy (non-hydrogen) atoms. The predicted molar refractivity (Wildman–Crippen MR) is 139 cm³/mol. The number of amides is 1. The van der Waals surface area contributed by atoms with Crippen LogP contribution in [0.1, 0.15) is 46.1 Å². The molecule has 1 spiro atoms. The molecule has 1 heterocycles. The number of benzene rings is 1. The lowest BCUT2D eigenvalue weighted by molar-refractivity contribution is -0.166. The fraction of sp³-hybridized carbons (Fsp3) is 0.533. The smallest absolute Gasteiger partial charge is 0.303 e. The highest BCUT2D eigenvalue weighted by Crippen LogP contribution is 2.58. The van der Waals surface area contributed by atoms with Gasteiger partial charge in [0.1, 0.15) is 11.5 Å². The molecule has 0 radical (unpaired) electrons. The minimum absolute atomic E-state index is 0.170. The lowest BCUT2D eigenvalue weighted by atomic mass is 9.51. The van der Waals surface area contributed by atoms with Crippen molar-refractivity contribution in [3.63, 3.8) is 0 Å². The topological polar surface area (TPSA) is 95.9 Å². The molecule has 0 unspecified atom stereocenters. The summed E-state index contributed by atoms with van der Waals surface area (Å²) in [6.45, 7) is 11.3. The number of carbonyl (C=O) groups is 2. The van der Waals surface area contributed by atoms with E-state index in [9.17, 15) is 19.8 Å². The van der Waals surface area contributed by atoms with Crippen LogP contribution in [0.2, 0.25) is 0 Å². The van der Waals surface area contributed by atoms with Crippen molar-refractivity contribution < 1.29 is 24.5 Å². The Hall–Kier alpha value is -2.70. The van der Waals surface area contributed by atoms with Crippen LogP contribution >= 0.6 is 0 Å². The van der Waals surface area contributed by atoms with E-state index < -0.39 is 35.1 Å². The number of hydrogen-bond acceptors (Lipinski definition) is 5. The van der Waals surface area contributed by atoms with Crippen LogP contribution in [0.25, 0.3) is 0 Å². The van der Waals surface area contributed by atoms with Crippen molar-refractivity contribution in [2.24, 2.45) is 29.1 Å². The fourth-order valence-electron chi connectivity index (χ4n) is 6.90. The van der Waals surface area contributed by atoms with Gasteiger partial charge in [0, 0.05) is 24.8 Å². The molecule has 6 heteroatoms. The zero-order valence-corrected chi connectivity index (χ0v) is 21.7. The summed E-state index contributed by atoms with van der Waals surface area (Å²) in [5.41, 5.74) is -0.635. The van der Waals surface area contributed by atoms with E-state index >= 15 is 0 Å². The molecule has 1 amide bonds. The van der Waals surface area contributed by atoms with Crippen LogP contribution in [0.4, 0.5) is 0 Å². The third-order valence-corrected chi connectivity index (χ3v) is 8.43. The second kappa shape index (κ2) is 9.98. The molecule has 3 N–H and O–H groups in total. The van der Waals surface area contributed by atoms with Crippen LogP contribution in [0.15, 0.2) is 66.8 Å². The quantitative estimate of drug-likeness (QED) is 0.440. The number of aliphatic hydroxyl groups excluding tert-OH is 1. The number of ether oxygens (including phenoxy) is 1. The zero-order chi connectivity index (χ0) is 26.3. The molecular formula is C30H39NO5. The Morgan fingerprint density at radius 1 is 1.22 bits per heavy atom. The Balaban J connectivity index is 1.92. The molecule has 1 saturated carbocycles. The van der Waals surface area contributed by atoms with Gasteiger partial charge in [-0.05, 0) is 55.2 Å². The molecule has 2 aliphatic carbocycles. The van der Waals surface area contributed by atoms with Crippen molar-refractivity contribution in [1.29, 1.82) is 0 Å². The maximum Gasteiger partial charge on any atom is 0.303 e. The lowest BCUT2D eigenvalue weighted by Gasteiger charge is -2.52. The highest BCUT2D eigenvalue weighted by Gasteiger charge is 2.68. The Bertz CT molecular complexity index is 1060. The first-order valence-corrected chi connectivity index (χ1v) is 12.9. The summed E-state index contributed by atoms with van der Waals surface area (Å²) in [7, 11) is 0. The molecule has 1 aliphatic heterocycles. The second-order valence-corrected chi connectivity index (χ2v) is 11.3. The standard InChI is InChI=1S/C30H39NO5/c1-18-10-9-13-23-27(33)20(3)19(2)26-24(16-22-11-7-6-8-12-22)31-28(34)30(23,26)25(36-21(4)32)14-15-29(5,35)17-18/h6-9,11-15,18-19,23-27,33,35H,3,10,16-17H2,1-2,4-5H3,(H,31,34)/t18-,19+,23-,24-,25+,26-,27+,29-,30+/m0/s1. The van der Waals surface area contributed by atoms with Crippen molar-refractivity contribution in [2.75, 3.05) is 0 Å². The third-order valence-electron chi connectivity index (χ3n) is 8.43. The van der Waals surface area contributed by atoms with E-state index in [1.165, 1.54) is 6.92 Å². The number of nitrogens with one attached hydrogen (secondary N) is 1. The van der Waals surface area contributed by atoms with E-state index in [0.29, 0.717) is 24.8 Å². The van der Waals surface area contributed by atoms with Gasteiger partial charge < -0.3 is 20.3 Å². The van der Waals surface area contributed by atoms with Gasteiger partial charge in [0.2, 0.25) is 5.91 Å². The molecule has 194 valence electrons. The van der Waals surface area contributed by atoms with Crippen LogP contribution in [-0.2, 0) is 20.7 Å². The molecule has 2 fully saturated rings. The van der Waals surface area contributed by atoms with Crippen molar-refractivity contribution in [3.05, 3.63) is 72.4 Å². The van der Waals surface area contributed by atoms with Gasteiger partial charge in [-0.3, -0.25) is 9.59 Å². The molecule has 3 aliphatic rings. The summed E-state index contributed by atoms with van der Waals surface area (Å²) in [5, 5.41) is 25.8. The maximum atomic E-state index is 14.2. The predicted octanol–water partition coefficient (Wildman–Crippen LogP) is 3.74. The Labute approximate surface area is 214 Å². The summed E-state index contributed by atoms with van der Waals surface area (Å²) in [5.74, 6) is -1.75. The number of hydrogen-bond donors (Lipinski definition) is 3. The SMILES string of the molecule is C=C1[C@@H](C)[C@H]2[C@H](Cc3ccccc3)NC(=O)[C@]23[C@H](OC(C)=O)C=C[C@](C)(O)C[C@@H](C)CC=C[C@H]3[C@@H]1O. The summed E-state index contributed by atoms with van der Waals surface area (Å²) >= 11 is 0. The number of carbonyl (C=O) groups excluding carboxylic acids is 2.